The Morgan fingerprint density at radius 2 is 1.47 bits per heavy atom. The van der Waals surface area contributed by atoms with E-state index in [1.807, 2.05) is 0 Å². The van der Waals surface area contributed by atoms with Crippen LogP contribution in [-0.2, 0) is 44.9 Å². The monoisotopic (exact) mass is 563 g/mol. The van der Waals surface area contributed by atoms with Crippen molar-refractivity contribution in [3.63, 3.8) is 0 Å². The first-order valence-corrected chi connectivity index (χ1v) is 13.6. The number of carboxylic acid groups (broad SMARTS) is 1. The highest BCUT2D eigenvalue weighted by Crippen LogP contribution is 2.66. The number of amides is 3. The van der Waals surface area contributed by atoms with Gasteiger partial charge in [0.1, 0.15) is 18.1 Å². The molecular formula is C24H36F2N3O8P. The largest absolute Gasteiger partial charge is 0.480 e. The molecule has 1 aromatic rings. The van der Waals surface area contributed by atoms with E-state index in [9.17, 15) is 32.5 Å². The van der Waals surface area contributed by atoms with E-state index >= 15 is 0 Å². The summed E-state index contributed by atoms with van der Waals surface area (Å²) in [5, 5.41) is 16.3. The lowest BCUT2D eigenvalue weighted by Gasteiger charge is -2.27. The molecule has 1 aromatic carbocycles. The quantitative estimate of drug-likeness (QED) is 0.237. The van der Waals surface area contributed by atoms with Crippen molar-refractivity contribution in [2.45, 2.75) is 71.8 Å². The summed E-state index contributed by atoms with van der Waals surface area (Å²) in [4.78, 5) is 48.4. The first-order valence-electron chi connectivity index (χ1n) is 12.1. The molecule has 1 rings (SSSR count). The molecule has 3 atom stereocenters. The summed E-state index contributed by atoms with van der Waals surface area (Å²) in [5.41, 5.74) is -4.17. The molecule has 0 bridgehead atoms. The van der Waals surface area contributed by atoms with Crippen LogP contribution in [-0.4, -0.2) is 60.1 Å². The van der Waals surface area contributed by atoms with E-state index in [0.29, 0.717) is 5.56 Å². The molecule has 38 heavy (non-hydrogen) atoms. The van der Waals surface area contributed by atoms with Gasteiger partial charge < -0.3 is 30.1 Å². The van der Waals surface area contributed by atoms with Crippen LogP contribution >= 0.6 is 7.60 Å². The summed E-state index contributed by atoms with van der Waals surface area (Å²) in [6.45, 7) is 8.08. The third-order valence-electron chi connectivity index (χ3n) is 5.35. The maximum absolute atomic E-state index is 15.0. The minimum Gasteiger partial charge on any atom is -0.480 e. The summed E-state index contributed by atoms with van der Waals surface area (Å²) in [7, 11) is -4.80. The number of alkyl halides is 2. The van der Waals surface area contributed by atoms with Gasteiger partial charge in [-0.15, -0.1) is 0 Å². The molecule has 0 heterocycles. The molecule has 0 spiro atoms. The zero-order valence-corrected chi connectivity index (χ0v) is 23.1. The Morgan fingerprint density at radius 1 is 0.947 bits per heavy atom. The number of halogens is 2. The van der Waals surface area contributed by atoms with Crippen LogP contribution in [0.2, 0.25) is 0 Å². The second-order valence-electron chi connectivity index (χ2n) is 8.83. The average molecular weight is 564 g/mol. The van der Waals surface area contributed by atoms with Crippen molar-refractivity contribution < 1.29 is 46.7 Å². The van der Waals surface area contributed by atoms with E-state index in [1.165, 1.54) is 39.8 Å². The highest BCUT2D eigenvalue weighted by atomic mass is 31.2. The summed E-state index contributed by atoms with van der Waals surface area (Å²) in [5.74, 6) is -3.68. The molecule has 0 radical (unpaired) electrons. The Kier molecular flexibility index (Phi) is 12.5. The highest BCUT2D eigenvalue weighted by molar-refractivity contribution is 7.54. The normalized spacial score (nSPS) is 14.3. The third-order valence-corrected chi connectivity index (χ3v) is 7.50. The number of benzene rings is 1. The molecule has 0 aliphatic heterocycles. The smallest absolute Gasteiger partial charge is 0.404 e. The second kappa shape index (κ2) is 14.3. The molecular weight excluding hydrogens is 527 g/mol. The van der Waals surface area contributed by atoms with E-state index in [1.54, 1.807) is 13.8 Å². The molecule has 14 heteroatoms. The van der Waals surface area contributed by atoms with Gasteiger partial charge in [0, 0.05) is 18.9 Å². The van der Waals surface area contributed by atoms with E-state index < -0.39 is 66.6 Å². The van der Waals surface area contributed by atoms with Crippen LogP contribution in [0.25, 0.3) is 0 Å². The van der Waals surface area contributed by atoms with E-state index in [0.717, 1.165) is 12.1 Å². The van der Waals surface area contributed by atoms with Crippen molar-refractivity contribution >= 4 is 31.3 Å². The van der Waals surface area contributed by atoms with E-state index in [4.69, 9.17) is 14.2 Å². The Morgan fingerprint density at radius 3 is 1.89 bits per heavy atom. The van der Waals surface area contributed by atoms with Crippen LogP contribution in [0, 0.1) is 5.92 Å². The van der Waals surface area contributed by atoms with Crippen molar-refractivity contribution in [1.82, 2.24) is 16.0 Å². The lowest BCUT2D eigenvalue weighted by atomic mass is 10.00. The van der Waals surface area contributed by atoms with Crippen LogP contribution in [0.3, 0.4) is 0 Å². The number of aliphatic carboxylic acids is 1. The van der Waals surface area contributed by atoms with Gasteiger partial charge in [0.25, 0.3) is 0 Å². The molecule has 11 nitrogen and oxygen atoms in total. The fourth-order valence-corrected chi connectivity index (χ4v) is 4.93. The number of carbonyl (C=O) groups excluding carboxylic acids is 3. The number of hydrogen-bond acceptors (Lipinski definition) is 7. The van der Waals surface area contributed by atoms with Gasteiger partial charge in [-0.05, 0) is 32.3 Å². The fraction of sp³-hybridized carbons (Fsp3) is 0.583. The zero-order valence-electron chi connectivity index (χ0n) is 22.2. The van der Waals surface area contributed by atoms with Crippen molar-refractivity contribution in [1.29, 1.82) is 0 Å². The van der Waals surface area contributed by atoms with Gasteiger partial charge in [-0.2, -0.15) is 8.78 Å². The SMILES string of the molecule is CCOP(=O)(OCC)C(F)(F)c1ccc(CC(NC(C)=O)C(=O)N[C@H](C(=O)N[C@@H](C)C(=O)O)C(C)C)cc1. The van der Waals surface area contributed by atoms with Crippen LogP contribution in [0.4, 0.5) is 8.78 Å². The molecule has 4 N–H and O–H groups in total. The van der Waals surface area contributed by atoms with Crippen LogP contribution in [0.1, 0.15) is 52.7 Å². The predicted octanol–water partition coefficient (Wildman–Crippen LogP) is 2.78. The number of carbonyl (C=O) groups is 4. The van der Waals surface area contributed by atoms with E-state index in [-0.39, 0.29) is 19.6 Å². The number of hydrogen-bond donors (Lipinski definition) is 4. The summed E-state index contributed by atoms with van der Waals surface area (Å²) >= 11 is 0. The standard InChI is InChI=1S/C24H36F2N3O8P/c1-7-36-38(35,37-8-2)24(25,26)18-11-9-17(10-12-18)13-19(28-16(6)30)21(31)29-20(14(3)4)22(32)27-15(5)23(33)34/h9-12,14-15,19-20H,7-8,13H2,1-6H3,(H,27,32)(H,28,30)(H,29,31)(H,33,34)/t15-,19?,20-/m0/s1. The Balaban J connectivity index is 3.14. The van der Waals surface area contributed by atoms with Crippen molar-refractivity contribution in [3.8, 4) is 0 Å². The van der Waals surface area contributed by atoms with Gasteiger partial charge in [-0.3, -0.25) is 23.7 Å². The van der Waals surface area contributed by atoms with Gasteiger partial charge in [0.15, 0.2) is 0 Å². The van der Waals surface area contributed by atoms with Gasteiger partial charge in [-0.25, -0.2) is 0 Å². The lowest BCUT2D eigenvalue weighted by Crippen LogP contribution is -2.57. The predicted molar refractivity (Wildman–Crippen MR) is 135 cm³/mol. The molecule has 0 saturated carbocycles. The molecule has 0 aliphatic carbocycles. The minimum atomic E-state index is -4.80. The van der Waals surface area contributed by atoms with Crippen LogP contribution in [0.5, 0.6) is 0 Å². The Labute approximate surface area is 220 Å². The number of carboxylic acids is 1. The second-order valence-corrected chi connectivity index (χ2v) is 10.9. The van der Waals surface area contributed by atoms with Gasteiger partial charge in [0.05, 0.1) is 13.2 Å². The Bertz CT molecular complexity index is 1030. The Hall–Kier alpha value is -2.89. The molecule has 0 aromatic heterocycles. The first kappa shape index (κ1) is 33.1. The van der Waals surface area contributed by atoms with Crippen molar-refractivity contribution in [3.05, 3.63) is 35.4 Å². The van der Waals surface area contributed by atoms with Crippen molar-refractivity contribution in [2.24, 2.45) is 5.92 Å². The van der Waals surface area contributed by atoms with Gasteiger partial charge in [0.2, 0.25) is 17.7 Å². The molecule has 0 aliphatic rings. The molecule has 0 saturated heterocycles. The molecule has 3 amide bonds. The van der Waals surface area contributed by atoms with Gasteiger partial charge in [-0.1, -0.05) is 38.1 Å². The fourth-order valence-electron chi connectivity index (χ4n) is 3.38. The van der Waals surface area contributed by atoms with Crippen molar-refractivity contribution in [2.75, 3.05) is 13.2 Å². The maximum atomic E-state index is 15.0. The summed E-state index contributed by atoms with van der Waals surface area (Å²) < 4.78 is 52.2. The zero-order chi connectivity index (χ0) is 29.3. The van der Waals surface area contributed by atoms with Crippen LogP contribution < -0.4 is 16.0 Å². The topological polar surface area (TPSA) is 160 Å². The first-order chi connectivity index (χ1) is 17.6. The lowest BCUT2D eigenvalue weighted by molar-refractivity contribution is -0.142. The number of rotatable bonds is 15. The van der Waals surface area contributed by atoms with Crippen LogP contribution in [0.15, 0.2) is 24.3 Å². The molecule has 0 fully saturated rings. The third kappa shape index (κ3) is 8.85. The molecule has 1 unspecified atom stereocenters. The van der Waals surface area contributed by atoms with Gasteiger partial charge >= 0.3 is 19.2 Å². The maximum Gasteiger partial charge on any atom is 0.404 e. The summed E-state index contributed by atoms with van der Waals surface area (Å²) in [6.07, 6.45) is -0.121. The highest BCUT2D eigenvalue weighted by Gasteiger charge is 2.54. The summed E-state index contributed by atoms with van der Waals surface area (Å²) in [6, 6.07) is 1.16. The number of nitrogens with one attached hydrogen (secondary N) is 3. The molecule has 214 valence electrons. The average Bonchev–Trinajstić information content (AvgIpc) is 2.81. The minimum absolute atomic E-state index is 0.121. The van der Waals surface area contributed by atoms with E-state index in [2.05, 4.69) is 16.0 Å².